The predicted molar refractivity (Wildman–Crippen MR) is 73.9 cm³/mol. The zero-order valence-electron chi connectivity index (χ0n) is 10.8. The molecule has 0 atom stereocenters. The smallest absolute Gasteiger partial charge is 0.163 e. The van der Waals surface area contributed by atoms with Crippen molar-refractivity contribution in [3.63, 3.8) is 0 Å². The van der Waals surface area contributed by atoms with Crippen LogP contribution in [0.1, 0.15) is 34.3 Å². The first-order chi connectivity index (χ1) is 7.96. The summed E-state index contributed by atoms with van der Waals surface area (Å²) in [5, 5.41) is 0. The molecule has 1 aromatic carbocycles. The fourth-order valence-corrected chi connectivity index (χ4v) is 2.50. The Hall–Kier alpha value is -1.33. The number of hydrogen-bond acceptors (Lipinski definition) is 1. The normalized spacial score (nSPS) is 14.9. The fourth-order valence-electron chi connectivity index (χ4n) is 1.98. The van der Waals surface area contributed by atoms with E-state index in [0.29, 0.717) is 6.42 Å². The Labute approximate surface area is 104 Å². The van der Waals surface area contributed by atoms with Gasteiger partial charge in [-0.25, -0.2) is 0 Å². The second-order valence-electron chi connectivity index (χ2n) is 5.65. The van der Waals surface area contributed by atoms with E-state index in [1.807, 2.05) is 12.1 Å². The maximum Gasteiger partial charge on any atom is 0.163 e. The Bertz CT molecular complexity index is 512. The third kappa shape index (κ3) is 3.07. The topological polar surface area (TPSA) is 17.1 Å². The Balaban J connectivity index is 2.33. The molecular formula is C15H18OSi. The number of ketones is 1. The number of carbonyl (C=O) groups excluding carboxylic acids is 1. The van der Waals surface area contributed by atoms with E-state index in [2.05, 4.69) is 37.2 Å². The third-order valence-corrected chi connectivity index (χ3v) is 3.71. The molecule has 1 aromatic rings. The molecule has 0 heterocycles. The van der Waals surface area contributed by atoms with E-state index < -0.39 is 8.07 Å². The molecule has 0 saturated carbocycles. The lowest BCUT2D eigenvalue weighted by atomic mass is 9.89. The van der Waals surface area contributed by atoms with E-state index in [-0.39, 0.29) is 5.78 Å². The maximum atomic E-state index is 11.7. The van der Waals surface area contributed by atoms with Gasteiger partial charge in [-0.1, -0.05) is 25.6 Å². The molecule has 0 bridgehead atoms. The van der Waals surface area contributed by atoms with Crippen LogP contribution in [0.5, 0.6) is 0 Å². The molecule has 0 unspecified atom stereocenters. The van der Waals surface area contributed by atoms with Gasteiger partial charge in [0, 0.05) is 17.5 Å². The van der Waals surface area contributed by atoms with Crippen LogP contribution in [-0.4, -0.2) is 13.9 Å². The van der Waals surface area contributed by atoms with Crippen LogP contribution in [0.25, 0.3) is 0 Å². The number of Topliss-reactive ketones (excluding diaryl/α,β-unsaturated/α-hetero) is 1. The number of benzene rings is 1. The summed E-state index contributed by atoms with van der Waals surface area (Å²) in [4.78, 5) is 11.7. The minimum Gasteiger partial charge on any atom is -0.294 e. The Morgan fingerprint density at radius 1 is 1.18 bits per heavy atom. The van der Waals surface area contributed by atoms with Crippen LogP contribution in [-0.2, 0) is 6.42 Å². The van der Waals surface area contributed by atoms with Crippen LogP contribution in [0, 0.1) is 11.5 Å². The molecule has 88 valence electrons. The summed E-state index contributed by atoms with van der Waals surface area (Å²) in [6.45, 7) is 6.71. The van der Waals surface area contributed by atoms with Gasteiger partial charge in [0.1, 0.15) is 8.07 Å². The van der Waals surface area contributed by atoms with Crippen molar-refractivity contribution in [1.29, 1.82) is 0 Å². The van der Waals surface area contributed by atoms with Crippen LogP contribution >= 0.6 is 0 Å². The molecule has 0 spiro atoms. The van der Waals surface area contributed by atoms with Gasteiger partial charge in [-0.3, -0.25) is 4.79 Å². The Morgan fingerprint density at radius 2 is 1.94 bits per heavy atom. The van der Waals surface area contributed by atoms with Crippen LogP contribution in [0.3, 0.4) is 0 Å². The quantitative estimate of drug-likeness (QED) is 0.503. The molecule has 0 aromatic heterocycles. The summed E-state index contributed by atoms with van der Waals surface area (Å²) in [5.41, 5.74) is 6.51. The summed E-state index contributed by atoms with van der Waals surface area (Å²) in [6.07, 6.45) is 2.70. The molecule has 0 N–H and O–H groups in total. The zero-order chi connectivity index (χ0) is 12.5. The molecule has 0 amide bonds. The largest absolute Gasteiger partial charge is 0.294 e. The standard InChI is InChI=1S/C15H18OSi/c1-17(2,3)10-9-12-7-8-14-13(11-12)5-4-6-15(14)16/h7-8,11H,4-6H2,1-3H3. The summed E-state index contributed by atoms with van der Waals surface area (Å²) in [7, 11) is -1.32. The Morgan fingerprint density at radius 3 is 2.65 bits per heavy atom. The number of fused-ring (bicyclic) bond motifs is 1. The van der Waals surface area contributed by atoms with E-state index in [1.54, 1.807) is 0 Å². The molecular weight excluding hydrogens is 224 g/mol. The molecule has 17 heavy (non-hydrogen) atoms. The average Bonchev–Trinajstić information content (AvgIpc) is 2.26. The minimum atomic E-state index is -1.32. The first-order valence-electron chi connectivity index (χ1n) is 6.15. The molecule has 2 rings (SSSR count). The summed E-state index contributed by atoms with van der Waals surface area (Å²) in [5.74, 6) is 3.54. The van der Waals surface area contributed by atoms with Crippen molar-refractivity contribution >= 4 is 13.9 Å². The second kappa shape index (κ2) is 4.50. The van der Waals surface area contributed by atoms with Crippen LogP contribution < -0.4 is 0 Å². The molecule has 0 aliphatic heterocycles. The van der Waals surface area contributed by atoms with E-state index in [9.17, 15) is 4.79 Å². The van der Waals surface area contributed by atoms with Gasteiger partial charge in [-0.15, -0.1) is 5.54 Å². The van der Waals surface area contributed by atoms with Crippen LogP contribution in [0.15, 0.2) is 18.2 Å². The highest BCUT2D eigenvalue weighted by molar-refractivity contribution is 6.83. The number of hydrogen-bond donors (Lipinski definition) is 0. The van der Waals surface area contributed by atoms with Gasteiger partial charge in [0.15, 0.2) is 5.78 Å². The second-order valence-corrected chi connectivity index (χ2v) is 10.4. The number of rotatable bonds is 0. The van der Waals surface area contributed by atoms with Gasteiger partial charge < -0.3 is 0 Å². The first-order valence-corrected chi connectivity index (χ1v) is 9.65. The van der Waals surface area contributed by atoms with Crippen molar-refractivity contribution in [1.82, 2.24) is 0 Å². The van der Waals surface area contributed by atoms with E-state index >= 15 is 0 Å². The van der Waals surface area contributed by atoms with E-state index in [1.165, 1.54) is 5.56 Å². The van der Waals surface area contributed by atoms with Gasteiger partial charge in [0.2, 0.25) is 0 Å². The summed E-state index contributed by atoms with van der Waals surface area (Å²) >= 11 is 0. The fraction of sp³-hybridized carbons (Fsp3) is 0.400. The number of aryl methyl sites for hydroxylation is 1. The molecule has 0 radical (unpaired) electrons. The average molecular weight is 242 g/mol. The molecule has 1 nitrogen and oxygen atoms in total. The van der Waals surface area contributed by atoms with Crippen LogP contribution in [0.2, 0.25) is 19.6 Å². The predicted octanol–water partition coefficient (Wildman–Crippen LogP) is 3.43. The highest BCUT2D eigenvalue weighted by Gasteiger charge is 2.16. The molecule has 1 aliphatic carbocycles. The van der Waals surface area contributed by atoms with Gasteiger partial charge in [0.05, 0.1) is 0 Å². The molecule has 0 fully saturated rings. The van der Waals surface area contributed by atoms with Gasteiger partial charge >= 0.3 is 0 Å². The summed E-state index contributed by atoms with van der Waals surface area (Å²) < 4.78 is 0. The van der Waals surface area contributed by atoms with Crippen molar-refractivity contribution in [2.45, 2.75) is 38.9 Å². The zero-order valence-corrected chi connectivity index (χ0v) is 11.8. The minimum absolute atomic E-state index is 0.288. The van der Waals surface area contributed by atoms with Crippen molar-refractivity contribution in [2.75, 3.05) is 0 Å². The highest BCUT2D eigenvalue weighted by Crippen LogP contribution is 2.22. The van der Waals surface area contributed by atoms with Crippen molar-refractivity contribution in [2.24, 2.45) is 0 Å². The molecule has 0 saturated heterocycles. The summed E-state index contributed by atoms with van der Waals surface area (Å²) in [6, 6.07) is 6.03. The van der Waals surface area contributed by atoms with E-state index in [0.717, 1.165) is 24.0 Å². The maximum absolute atomic E-state index is 11.7. The lowest BCUT2D eigenvalue weighted by Crippen LogP contribution is -2.16. The van der Waals surface area contributed by atoms with Gasteiger partial charge in [-0.2, -0.15) is 0 Å². The molecule has 2 heteroatoms. The molecule has 1 aliphatic rings. The van der Waals surface area contributed by atoms with Gasteiger partial charge in [0.25, 0.3) is 0 Å². The Kier molecular flexibility index (Phi) is 3.21. The first kappa shape index (κ1) is 12.1. The van der Waals surface area contributed by atoms with Gasteiger partial charge in [-0.05, 0) is 36.6 Å². The van der Waals surface area contributed by atoms with Crippen molar-refractivity contribution in [3.05, 3.63) is 34.9 Å². The van der Waals surface area contributed by atoms with Crippen molar-refractivity contribution in [3.8, 4) is 11.5 Å². The lowest BCUT2D eigenvalue weighted by molar-refractivity contribution is 0.0972. The third-order valence-electron chi connectivity index (χ3n) is 2.84. The highest BCUT2D eigenvalue weighted by atomic mass is 28.3. The van der Waals surface area contributed by atoms with Crippen molar-refractivity contribution < 1.29 is 4.79 Å². The number of carbonyl (C=O) groups is 1. The lowest BCUT2D eigenvalue weighted by Gasteiger charge is -2.14. The SMILES string of the molecule is C[Si](C)(C)C#Cc1ccc2c(c1)CCCC2=O. The van der Waals surface area contributed by atoms with E-state index in [4.69, 9.17) is 0 Å². The monoisotopic (exact) mass is 242 g/mol. The van der Waals surface area contributed by atoms with Crippen LogP contribution in [0.4, 0.5) is 0 Å².